The Morgan fingerprint density at radius 1 is 0.667 bits per heavy atom. The van der Waals surface area contributed by atoms with Crippen LogP contribution in [0.1, 0.15) is 44.9 Å². The summed E-state index contributed by atoms with van der Waals surface area (Å²) in [5.41, 5.74) is 0. The predicted molar refractivity (Wildman–Crippen MR) is 69.6 cm³/mol. The van der Waals surface area contributed by atoms with E-state index in [4.69, 9.17) is 18.9 Å². The van der Waals surface area contributed by atoms with Crippen LogP contribution in [0, 0.1) is 11.8 Å². The minimum Gasteiger partial charge on any atom is -0.427 e. The Kier molecular flexibility index (Phi) is 3.19. The van der Waals surface area contributed by atoms with Crippen LogP contribution in [0.5, 0.6) is 0 Å². The highest BCUT2D eigenvalue weighted by atomic mass is 16.8. The van der Waals surface area contributed by atoms with E-state index < -0.39 is 12.3 Å². The molecule has 0 aromatic heterocycles. The fourth-order valence-corrected chi connectivity index (χ4v) is 4.34. The molecule has 6 nitrogen and oxygen atoms in total. The molecule has 4 rings (SSSR count). The third kappa shape index (κ3) is 2.56. The zero-order chi connectivity index (χ0) is 14.4. The van der Waals surface area contributed by atoms with Crippen LogP contribution in [0.2, 0.25) is 0 Å². The molecule has 6 unspecified atom stereocenters. The smallest absolute Gasteiger partial charge is 0.427 e. The van der Waals surface area contributed by atoms with Gasteiger partial charge in [0.2, 0.25) is 0 Å². The number of carbonyl (C=O) groups excluding carboxylic acids is 2. The summed E-state index contributed by atoms with van der Waals surface area (Å²) in [5, 5.41) is 0. The lowest BCUT2D eigenvalue weighted by Gasteiger charge is -2.34. The molecule has 4 fully saturated rings. The van der Waals surface area contributed by atoms with Crippen LogP contribution in [-0.2, 0) is 18.9 Å². The van der Waals surface area contributed by atoms with Gasteiger partial charge in [0.05, 0.1) is 0 Å². The van der Waals surface area contributed by atoms with Crippen molar-refractivity contribution >= 4 is 12.3 Å². The first-order chi connectivity index (χ1) is 10.2. The van der Waals surface area contributed by atoms with E-state index in [1.54, 1.807) is 0 Å². The maximum absolute atomic E-state index is 11.2. The molecule has 2 heterocycles. The molecule has 0 aromatic carbocycles. The monoisotopic (exact) mass is 296 g/mol. The van der Waals surface area contributed by atoms with Crippen molar-refractivity contribution in [2.45, 2.75) is 69.4 Å². The third-order valence-electron chi connectivity index (χ3n) is 5.34. The van der Waals surface area contributed by atoms with E-state index in [0.717, 1.165) is 44.9 Å². The SMILES string of the molecule is O=C1OC2CCC(CC3CCC4OC(=O)OC4C3)CC2O1. The maximum Gasteiger partial charge on any atom is 0.509 e. The van der Waals surface area contributed by atoms with Crippen LogP contribution in [-0.4, -0.2) is 36.7 Å². The Morgan fingerprint density at radius 2 is 1.10 bits per heavy atom. The molecule has 0 radical (unpaired) electrons. The van der Waals surface area contributed by atoms with Gasteiger partial charge in [-0.2, -0.15) is 0 Å². The minimum absolute atomic E-state index is 0.0336. The van der Waals surface area contributed by atoms with Crippen molar-refractivity contribution in [1.82, 2.24) is 0 Å². The highest BCUT2D eigenvalue weighted by Gasteiger charge is 2.44. The van der Waals surface area contributed by atoms with Gasteiger partial charge in [0.15, 0.2) is 0 Å². The Hall–Kier alpha value is -1.46. The maximum atomic E-state index is 11.2. The summed E-state index contributed by atoms with van der Waals surface area (Å²) in [4.78, 5) is 22.3. The lowest BCUT2D eigenvalue weighted by atomic mass is 9.75. The normalized spacial score (nSPS) is 45.0. The Morgan fingerprint density at radius 3 is 1.57 bits per heavy atom. The van der Waals surface area contributed by atoms with Crippen LogP contribution in [0.4, 0.5) is 9.59 Å². The second kappa shape index (κ2) is 5.07. The molecule has 2 saturated heterocycles. The largest absolute Gasteiger partial charge is 0.509 e. The van der Waals surface area contributed by atoms with E-state index in [1.165, 1.54) is 0 Å². The Labute approximate surface area is 123 Å². The Balaban J connectivity index is 1.31. The molecule has 0 aromatic rings. The summed E-state index contributed by atoms with van der Waals surface area (Å²) < 4.78 is 20.7. The lowest BCUT2D eigenvalue weighted by Crippen LogP contribution is -2.35. The first-order valence-corrected chi connectivity index (χ1v) is 7.92. The van der Waals surface area contributed by atoms with E-state index in [-0.39, 0.29) is 24.4 Å². The topological polar surface area (TPSA) is 71.1 Å². The molecular formula is C15H20O6. The predicted octanol–water partition coefficient (Wildman–Crippen LogP) is 2.78. The van der Waals surface area contributed by atoms with E-state index in [1.807, 2.05) is 0 Å². The number of rotatable bonds is 2. The van der Waals surface area contributed by atoms with Gasteiger partial charge in [-0.3, -0.25) is 0 Å². The Bertz CT molecular complexity index is 409. The number of carbonyl (C=O) groups is 2. The van der Waals surface area contributed by atoms with Crippen molar-refractivity contribution in [2.75, 3.05) is 0 Å². The molecule has 21 heavy (non-hydrogen) atoms. The van der Waals surface area contributed by atoms with Gasteiger partial charge in [-0.25, -0.2) is 9.59 Å². The zero-order valence-electron chi connectivity index (χ0n) is 11.9. The van der Waals surface area contributed by atoms with Gasteiger partial charge >= 0.3 is 12.3 Å². The summed E-state index contributed by atoms with van der Waals surface area (Å²) in [5.74, 6) is 1.14. The van der Waals surface area contributed by atoms with E-state index in [9.17, 15) is 9.59 Å². The molecule has 0 spiro atoms. The molecule has 0 N–H and O–H groups in total. The van der Waals surface area contributed by atoms with Gasteiger partial charge in [-0.05, 0) is 56.8 Å². The van der Waals surface area contributed by atoms with E-state index >= 15 is 0 Å². The van der Waals surface area contributed by atoms with Gasteiger partial charge in [0.1, 0.15) is 24.4 Å². The molecule has 6 heteroatoms. The van der Waals surface area contributed by atoms with Crippen molar-refractivity contribution in [3.8, 4) is 0 Å². The fraction of sp³-hybridized carbons (Fsp3) is 0.867. The average molecular weight is 296 g/mol. The van der Waals surface area contributed by atoms with Crippen molar-refractivity contribution in [3.05, 3.63) is 0 Å². The molecule has 0 bridgehead atoms. The fourth-order valence-electron chi connectivity index (χ4n) is 4.34. The van der Waals surface area contributed by atoms with Crippen molar-refractivity contribution in [2.24, 2.45) is 11.8 Å². The van der Waals surface area contributed by atoms with E-state index in [2.05, 4.69) is 0 Å². The molecule has 4 aliphatic rings. The van der Waals surface area contributed by atoms with Gasteiger partial charge < -0.3 is 18.9 Å². The van der Waals surface area contributed by atoms with Crippen LogP contribution in [0.25, 0.3) is 0 Å². The van der Waals surface area contributed by atoms with Crippen LogP contribution in [0.3, 0.4) is 0 Å². The van der Waals surface area contributed by atoms with Crippen molar-refractivity contribution < 1.29 is 28.5 Å². The lowest BCUT2D eigenvalue weighted by molar-refractivity contribution is 0.0478. The summed E-state index contributed by atoms with van der Waals surface area (Å²) in [6.45, 7) is 0. The van der Waals surface area contributed by atoms with Gasteiger partial charge in [0.25, 0.3) is 0 Å². The summed E-state index contributed by atoms with van der Waals surface area (Å²) in [6.07, 6.45) is 5.67. The first kappa shape index (κ1) is 13.2. The molecular weight excluding hydrogens is 276 g/mol. The number of ether oxygens (including phenoxy) is 4. The molecule has 6 atom stereocenters. The minimum atomic E-state index is -0.513. The molecule has 2 aliphatic heterocycles. The van der Waals surface area contributed by atoms with Crippen molar-refractivity contribution in [3.63, 3.8) is 0 Å². The first-order valence-electron chi connectivity index (χ1n) is 7.92. The highest BCUT2D eigenvalue weighted by Crippen LogP contribution is 2.41. The van der Waals surface area contributed by atoms with Crippen LogP contribution < -0.4 is 0 Å². The van der Waals surface area contributed by atoms with Crippen LogP contribution >= 0.6 is 0 Å². The van der Waals surface area contributed by atoms with Crippen molar-refractivity contribution in [1.29, 1.82) is 0 Å². The van der Waals surface area contributed by atoms with Gasteiger partial charge in [-0.15, -0.1) is 0 Å². The second-order valence-corrected chi connectivity index (χ2v) is 6.72. The summed E-state index contributed by atoms with van der Waals surface area (Å²) >= 11 is 0. The molecule has 2 saturated carbocycles. The highest BCUT2D eigenvalue weighted by molar-refractivity contribution is 5.63. The summed E-state index contributed by atoms with van der Waals surface area (Å²) in [7, 11) is 0. The number of fused-ring (bicyclic) bond motifs is 2. The van der Waals surface area contributed by atoms with E-state index in [0.29, 0.717) is 11.8 Å². The van der Waals surface area contributed by atoms with Gasteiger partial charge in [-0.1, -0.05) is 0 Å². The molecule has 0 amide bonds. The number of hydrogen-bond donors (Lipinski definition) is 0. The van der Waals surface area contributed by atoms with Crippen LogP contribution in [0.15, 0.2) is 0 Å². The second-order valence-electron chi connectivity index (χ2n) is 6.72. The standard InChI is InChI=1S/C15H20O6/c16-14-18-10-3-1-8(6-12(10)20-14)5-9-2-4-11-13(7-9)21-15(17)19-11/h8-13H,1-7H2. The van der Waals surface area contributed by atoms with Gasteiger partial charge in [0, 0.05) is 0 Å². The molecule has 2 aliphatic carbocycles. The average Bonchev–Trinajstić information content (AvgIpc) is 2.98. The zero-order valence-corrected chi connectivity index (χ0v) is 11.9. The molecule has 116 valence electrons. The summed E-state index contributed by atoms with van der Waals surface area (Å²) in [6, 6.07) is 0. The number of hydrogen-bond acceptors (Lipinski definition) is 6. The quantitative estimate of drug-likeness (QED) is 0.730. The third-order valence-corrected chi connectivity index (χ3v) is 5.34.